The zero-order valence-corrected chi connectivity index (χ0v) is 12.1. The average molecular weight is 342 g/mol. The molecule has 0 spiro atoms. The van der Waals surface area contributed by atoms with E-state index in [9.17, 15) is 14.3 Å². The Hall–Kier alpha value is -1.27. The lowest BCUT2D eigenvalue weighted by Gasteiger charge is -1.99. The van der Waals surface area contributed by atoms with E-state index in [1.54, 1.807) is 12.1 Å². The second-order valence-corrected chi connectivity index (χ2v) is 6.35. The summed E-state index contributed by atoms with van der Waals surface area (Å²) >= 11 is 4.32. The van der Waals surface area contributed by atoms with Gasteiger partial charge in [0.05, 0.1) is 5.69 Å². The lowest BCUT2D eigenvalue weighted by atomic mass is 10.2. The normalized spacial score (nSPS) is 14.6. The molecule has 2 aromatic rings. The van der Waals surface area contributed by atoms with Gasteiger partial charge in [0, 0.05) is 16.0 Å². The molecule has 98 valence electrons. The third-order valence-corrected chi connectivity index (χ3v) is 4.56. The molecule has 0 atom stereocenters. The molecule has 1 aromatic heterocycles. The molecular weight excluding hydrogens is 333 g/mol. The van der Waals surface area contributed by atoms with Gasteiger partial charge in [0.2, 0.25) is 0 Å². The van der Waals surface area contributed by atoms with Crippen LogP contribution in [0, 0.1) is 5.82 Å². The highest BCUT2D eigenvalue weighted by Gasteiger charge is 2.32. The molecule has 1 aliphatic rings. The Labute approximate surface area is 121 Å². The summed E-state index contributed by atoms with van der Waals surface area (Å²) in [6.45, 7) is 0. The molecule has 1 saturated carbocycles. The first kappa shape index (κ1) is 12.7. The third kappa shape index (κ3) is 2.42. The Morgan fingerprint density at radius 1 is 1.47 bits per heavy atom. The SMILES string of the molecule is O=C(O)c1sc(-c2cc(Br)ccc2F)nc1C1CC1. The number of thiazole rings is 1. The molecule has 0 unspecified atom stereocenters. The molecule has 1 aromatic carbocycles. The standard InChI is InChI=1S/C13H9BrFNO2S/c14-7-3-4-9(15)8(5-7)12-16-10(6-1-2-6)11(19-12)13(17)18/h3-6H,1-2H2,(H,17,18). The van der Waals surface area contributed by atoms with Crippen LogP contribution in [0.3, 0.4) is 0 Å². The van der Waals surface area contributed by atoms with E-state index in [0.29, 0.717) is 16.3 Å². The molecular formula is C13H9BrFNO2S. The molecule has 0 bridgehead atoms. The predicted octanol–water partition coefficient (Wildman–Crippen LogP) is 4.29. The van der Waals surface area contributed by atoms with Gasteiger partial charge in [-0.1, -0.05) is 15.9 Å². The number of hydrogen-bond acceptors (Lipinski definition) is 3. The molecule has 19 heavy (non-hydrogen) atoms. The van der Waals surface area contributed by atoms with Crippen LogP contribution in [-0.2, 0) is 0 Å². The number of benzene rings is 1. The summed E-state index contributed by atoms with van der Waals surface area (Å²) in [6.07, 6.45) is 1.93. The van der Waals surface area contributed by atoms with E-state index in [2.05, 4.69) is 20.9 Å². The van der Waals surface area contributed by atoms with Crippen LogP contribution in [-0.4, -0.2) is 16.1 Å². The number of nitrogens with zero attached hydrogens (tertiary/aromatic N) is 1. The Balaban J connectivity index is 2.12. The van der Waals surface area contributed by atoms with Crippen molar-refractivity contribution >= 4 is 33.2 Å². The van der Waals surface area contributed by atoms with Gasteiger partial charge in [-0.3, -0.25) is 0 Å². The second kappa shape index (κ2) is 4.68. The van der Waals surface area contributed by atoms with Crippen LogP contribution < -0.4 is 0 Å². The van der Waals surface area contributed by atoms with E-state index < -0.39 is 11.8 Å². The number of carbonyl (C=O) groups is 1. The fourth-order valence-electron chi connectivity index (χ4n) is 1.90. The number of carboxylic acid groups (broad SMARTS) is 1. The Morgan fingerprint density at radius 3 is 2.84 bits per heavy atom. The first-order valence-electron chi connectivity index (χ1n) is 5.75. The first-order valence-corrected chi connectivity index (χ1v) is 7.36. The minimum Gasteiger partial charge on any atom is -0.477 e. The fourth-order valence-corrected chi connectivity index (χ4v) is 3.26. The van der Waals surface area contributed by atoms with Gasteiger partial charge in [-0.15, -0.1) is 11.3 Å². The number of aromatic carboxylic acids is 1. The molecule has 3 nitrogen and oxygen atoms in total. The minimum absolute atomic E-state index is 0.228. The highest BCUT2D eigenvalue weighted by atomic mass is 79.9. The summed E-state index contributed by atoms with van der Waals surface area (Å²) < 4.78 is 14.6. The number of carboxylic acids is 1. The molecule has 0 radical (unpaired) electrons. The van der Waals surface area contributed by atoms with E-state index in [1.165, 1.54) is 6.07 Å². The number of rotatable bonds is 3. The van der Waals surface area contributed by atoms with Crippen molar-refractivity contribution in [3.63, 3.8) is 0 Å². The van der Waals surface area contributed by atoms with E-state index in [0.717, 1.165) is 28.7 Å². The van der Waals surface area contributed by atoms with Crippen LogP contribution in [0.1, 0.15) is 34.1 Å². The van der Waals surface area contributed by atoms with Crippen molar-refractivity contribution < 1.29 is 14.3 Å². The Morgan fingerprint density at radius 2 is 2.21 bits per heavy atom. The van der Waals surface area contributed by atoms with Crippen molar-refractivity contribution in [3.8, 4) is 10.6 Å². The molecule has 3 rings (SSSR count). The summed E-state index contributed by atoms with van der Waals surface area (Å²) in [7, 11) is 0. The first-order chi connectivity index (χ1) is 9.06. The highest BCUT2D eigenvalue weighted by Crippen LogP contribution is 2.44. The summed E-state index contributed by atoms with van der Waals surface area (Å²) in [5, 5.41) is 9.62. The lowest BCUT2D eigenvalue weighted by Crippen LogP contribution is -1.97. The maximum atomic E-state index is 13.8. The van der Waals surface area contributed by atoms with Gasteiger partial charge in [-0.2, -0.15) is 0 Å². The molecule has 6 heteroatoms. The zero-order valence-electron chi connectivity index (χ0n) is 9.69. The smallest absolute Gasteiger partial charge is 0.347 e. The lowest BCUT2D eigenvalue weighted by molar-refractivity contribution is 0.0700. The minimum atomic E-state index is -0.985. The fraction of sp³-hybridized carbons (Fsp3) is 0.231. The molecule has 1 fully saturated rings. The van der Waals surface area contributed by atoms with Gasteiger partial charge in [-0.25, -0.2) is 14.2 Å². The third-order valence-electron chi connectivity index (χ3n) is 2.97. The van der Waals surface area contributed by atoms with Crippen molar-refractivity contribution in [1.29, 1.82) is 0 Å². The van der Waals surface area contributed by atoms with Gasteiger partial charge in [0.15, 0.2) is 0 Å². The van der Waals surface area contributed by atoms with E-state index in [-0.39, 0.29) is 10.8 Å². The van der Waals surface area contributed by atoms with Gasteiger partial charge in [0.25, 0.3) is 0 Å². The molecule has 0 saturated heterocycles. The topological polar surface area (TPSA) is 50.2 Å². The van der Waals surface area contributed by atoms with Crippen LogP contribution in [0.5, 0.6) is 0 Å². The highest BCUT2D eigenvalue weighted by molar-refractivity contribution is 9.10. The summed E-state index contributed by atoms with van der Waals surface area (Å²) in [5.74, 6) is -1.15. The van der Waals surface area contributed by atoms with Crippen molar-refractivity contribution in [2.45, 2.75) is 18.8 Å². The quantitative estimate of drug-likeness (QED) is 0.905. The monoisotopic (exact) mass is 341 g/mol. The van der Waals surface area contributed by atoms with Crippen molar-refractivity contribution in [2.75, 3.05) is 0 Å². The van der Waals surface area contributed by atoms with Crippen molar-refractivity contribution in [2.24, 2.45) is 0 Å². The van der Waals surface area contributed by atoms with E-state index >= 15 is 0 Å². The van der Waals surface area contributed by atoms with Crippen LogP contribution in [0.2, 0.25) is 0 Å². The van der Waals surface area contributed by atoms with E-state index in [4.69, 9.17) is 0 Å². The van der Waals surface area contributed by atoms with Crippen LogP contribution >= 0.6 is 27.3 Å². The number of halogens is 2. The maximum absolute atomic E-state index is 13.8. The molecule has 0 aliphatic heterocycles. The van der Waals surface area contributed by atoms with Crippen LogP contribution in [0.15, 0.2) is 22.7 Å². The van der Waals surface area contributed by atoms with Crippen molar-refractivity contribution in [1.82, 2.24) is 4.98 Å². The van der Waals surface area contributed by atoms with Gasteiger partial charge >= 0.3 is 5.97 Å². The Bertz CT molecular complexity index is 667. The zero-order chi connectivity index (χ0) is 13.6. The summed E-state index contributed by atoms with van der Waals surface area (Å²) in [6, 6.07) is 4.57. The maximum Gasteiger partial charge on any atom is 0.347 e. The van der Waals surface area contributed by atoms with E-state index in [1.807, 2.05) is 0 Å². The molecule has 1 N–H and O–H groups in total. The summed E-state index contributed by atoms with van der Waals surface area (Å²) in [4.78, 5) is 15.8. The second-order valence-electron chi connectivity index (χ2n) is 4.44. The van der Waals surface area contributed by atoms with Gasteiger partial charge < -0.3 is 5.11 Å². The van der Waals surface area contributed by atoms with Crippen LogP contribution in [0.4, 0.5) is 4.39 Å². The van der Waals surface area contributed by atoms with Gasteiger partial charge in [0.1, 0.15) is 15.7 Å². The number of aromatic nitrogens is 1. The molecule has 0 amide bonds. The largest absolute Gasteiger partial charge is 0.477 e. The Kier molecular flexibility index (Phi) is 3.14. The van der Waals surface area contributed by atoms with Gasteiger partial charge in [-0.05, 0) is 31.0 Å². The predicted molar refractivity (Wildman–Crippen MR) is 74.1 cm³/mol. The van der Waals surface area contributed by atoms with Crippen molar-refractivity contribution in [3.05, 3.63) is 39.1 Å². The molecule has 1 aliphatic carbocycles. The average Bonchev–Trinajstić information content (AvgIpc) is 3.11. The number of hydrogen-bond donors (Lipinski definition) is 1. The van der Waals surface area contributed by atoms with Crippen LogP contribution in [0.25, 0.3) is 10.6 Å². The summed E-state index contributed by atoms with van der Waals surface area (Å²) in [5.41, 5.74) is 0.945. The molecule has 1 heterocycles.